The van der Waals surface area contributed by atoms with Crippen LogP contribution in [0.2, 0.25) is 0 Å². The Labute approximate surface area is 69.0 Å². The molecule has 0 saturated carbocycles. The first-order valence-corrected chi connectivity index (χ1v) is 4.64. The van der Waals surface area contributed by atoms with Crippen molar-refractivity contribution in [3.8, 4) is 0 Å². The van der Waals surface area contributed by atoms with E-state index < -0.39 is 0 Å². The van der Waals surface area contributed by atoms with Gasteiger partial charge >= 0.3 is 0 Å². The van der Waals surface area contributed by atoms with Gasteiger partial charge in [0.05, 0.1) is 0 Å². The van der Waals surface area contributed by atoms with E-state index in [1.165, 1.54) is 25.7 Å². The normalized spacial score (nSPS) is 30.4. The molecule has 0 aromatic rings. The van der Waals surface area contributed by atoms with Crippen LogP contribution in [0.5, 0.6) is 0 Å². The van der Waals surface area contributed by atoms with Crippen molar-refractivity contribution >= 4 is 0 Å². The van der Waals surface area contributed by atoms with Crippen LogP contribution in [-0.2, 0) is 0 Å². The minimum absolute atomic E-state index is 0.927. The van der Waals surface area contributed by atoms with Crippen LogP contribution in [0.1, 0.15) is 39.5 Å². The zero-order chi connectivity index (χ0) is 7.84. The highest BCUT2D eigenvalue weighted by Gasteiger charge is 2.20. The van der Waals surface area contributed by atoms with Gasteiger partial charge in [0, 0.05) is 0 Å². The van der Waals surface area contributed by atoms with Crippen molar-refractivity contribution in [1.82, 2.24) is 0 Å². The van der Waals surface area contributed by atoms with Gasteiger partial charge in [0.25, 0.3) is 0 Å². The molecule has 0 N–H and O–H groups in total. The van der Waals surface area contributed by atoms with Crippen molar-refractivity contribution in [2.45, 2.75) is 39.5 Å². The molecule has 0 fully saturated rings. The summed E-state index contributed by atoms with van der Waals surface area (Å²) in [7, 11) is 0. The van der Waals surface area contributed by atoms with E-state index in [2.05, 4.69) is 19.9 Å². The van der Waals surface area contributed by atoms with Gasteiger partial charge in [0.15, 0.2) is 0 Å². The van der Waals surface area contributed by atoms with Gasteiger partial charge < -0.3 is 0 Å². The molecule has 0 aromatic heterocycles. The van der Waals surface area contributed by atoms with Crippen LogP contribution in [0, 0.1) is 5.92 Å². The second-order valence-corrected chi connectivity index (χ2v) is 4.14. The molecule has 2 aliphatic rings. The lowest BCUT2D eigenvalue weighted by Gasteiger charge is -2.19. The van der Waals surface area contributed by atoms with Crippen LogP contribution in [0.25, 0.3) is 0 Å². The fourth-order valence-electron chi connectivity index (χ4n) is 2.25. The maximum atomic E-state index is 2.41. The Balaban J connectivity index is 2.19. The maximum absolute atomic E-state index is 2.41. The second kappa shape index (κ2) is 2.51. The van der Waals surface area contributed by atoms with Gasteiger partial charge in [0.1, 0.15) is 0 Å². The number of allylic oxidation sites excluding steroid dienone is 4. The van der Waals surface area contributed by atoms with E-state index in [4.69, 9.17) is 0 Å². The number of rotatable bonds is 0. The molecule has 0 aliphatic heterocycles. The lowest BCUT2D eigenvalue weighted by atomic mass is 9.86. The second-order valence-electron chi connectivity index (χ2n) is 4.14. The largest absolute Gasteiger partial charge is 0.0690 e. The molecular formula is C11H16. The van der Waals surface area contributed by atoms with Gasteiger partial charge in [-0.3, -0.25) is 0 Å². The Morgan fingerprint density at radius 2 is 2.27 bits per heavy atom. The van der Waals surface area contributed by atoms with E-state index in [-0.39, 0.29) is 0 Å². The summed E-state index contributed by atoms with van der Waals surface area (Å²) in [6, 6.07) is 0. The molecule has 0 heterocycles. The van der Waals surface area contributed by atoms with E-state index in [9.17, 15) is 0 Å². The molecule has 0 saturated heterocycles. The van der Waals surface area contributed by atoms with Gasteiger partial charge in [-0.15, -0.1) is 0 Å². The summed E-state index contributed by atoms with van der Waals surface area (Å²) >= 11 is 0. The molecular weight excluding hydrogens is 132 g/mol. The van der Waals surface area contributed by atoms with Crippen molar-refractivity contribution in [2.75, 3.05) is 0 Å². The zero-order valence-electron chi connectivity index (χ0n) is 7.48. The van der Waals surface area contributed by atoms with Crippen LogP contribution >= 0.6 is 0 Å². The van der Waals surface area contributed by atoms with E-state index in [1.807, 2.05) is 0 Å². The first-order valence-electron chi connectivity index (χ1n) is 4.64. The molecule has 0 radical (unpaired) electrons. The molecule has 1 atom stereocenters. The average molecular weight is 148 g/mol. The zero-order valence-corrected chi connectivity index (χ0v) is 7.48. The van der Waals surface area contributed by atoms with Crippen molar-refractivity contribution in [3.63, 3.8) is 0 Å². The van der Waals surface area contributed by atoms with Gasteiger partial charge in [-0.2, -0.15) is 0 Å². The van der Waals surface area contributed by atoms with Crippen LogP contribution in [-0.4, -0.2) is 0 Å². The molecule has 1 unspecified atom stereocenters. The summed E-state index contributed by atoms with van der Waals surface area (Å²) in [6.07, 6.45) is 7.81. The van der Waals surface area contributed by atoms with Crippen LogP contribution in [0.3, 0.4) is 0 Å². The third-order valence-electron chi connectivity index (χ3n) is 2.87. The lowest BCUT2D eigenvalue weighted by molar-refractivity contribution is 0.502. The van der Waals surface area contributed by atoms with Crippen molar-refractivity contribution < 1.29 is 0 Å². The molecule has 11 heavy (non-hydrogen) atoms. The average Bonchev–Trinajstić information content (AvgIpc) is 2.27. The van der Waals surface area contributed by atoms with Crippen molar-refractivity contribution in [2.24, 2.45) is 5.92 Å². The smallest absolute Gasteiger partial charge is 0.0102 e. The highest BCUT2D eigenvalue weighted by Crippen LogP contribution is 2.37. The molecule has 0 aromatic carbocycles. The minimum atomic E-state index is 0.927. The SMILES string of the molecule is CC1=CC2=C(CCC(C)C2)C1. The quantitative estimate of drug-likeness (QED) is 0.493. The van der Waals surface area contributed by atoms with Crippen molar-refractivity contribution in [3.05, 3.63) is 22.8 Å². The molecule has 2 aliphatic carbocycles. The number of hydrogen-bond acceptors (Lipinski definition) is 0. The fraction of sp³-hybridized carbons (Fsp3) is 0.636. The summed E-state index contributed by atoms with van der Waals surface area (Å²) in [5.41, 5.74) is 4.98. The Hall–Kier alpha value is -0.520. The predicted molar refractivity (Wildman–Crippen MR) is 48.4 cm³/mol. The molecule has 60 valence electrons. The monoisotopic (exact) mass is 148 g/mol. The predicted octanol–water partition coefficient (Wildman–Crippen LogP) is 3.45. The third-order valence-corrected chi connectivity index (χ3v) is 2.87. The first kappa shape index (κ1) is 7.15. The van der Waals surface area contributed by atoms with E-state index in [1.54, 1.807) is 16.7 Å². The summed E-state index contributed by atoms with van der Waals surface area (Å²) in [4.78, 5) is 0. The van der Waals surface area contributed by atoms with Crippen LogP contribution < -0.4 is 0 Å². The minimum Gasteiger partial charge on any atom is -0.0690 e. The van der Waals surface area contributed by atoms with E-state index in [0.29, 0.717) is 0 Å². The van der Waals surface area contributed by atoms with Gasteiger partial charge in [-0.25, -0.2) is 0 Å². The molecule has 0 bridgehead atoms. The highest BCUT2D eigenvalue weighted by atomic mass is 14.3. The Bertz CT molecular complexity index is 230. The fourth-order valence-corrected chi connectivity index (χ4v) is 2.25. The van der Waals surface area contributed by atoms with E-state index >= 15 is 0 Å². The van der Waals surface area contributed by atoms with Crippen LogP contribution in [0.15, 0.2) is 22.8 Å². The molecule has 2 rings (SSSR count). The summed E-state index contributed by atoms with van der Waals surface area (Å²) in [5.74, 6) is 0.927. The van der Waals surface area contributed by atoms with Crippen molar-refractivity contribution in [1.29, 1.82) is 0 Å². The van der Waals surface area contributed by atoms with Crippen LogP contribution in [0.4, 0.5) is 0 Å². The first-order chi connectivity index (χ1) is 5.25. The summed E-state index contributed by atoms with van der Waals surface area (Å²) < 4.78 is 0. The molecule has 0 amide bonds. The molecule has 0 nitrogen and oxygen atoms in total. The Morgan fingerprint density at radius 3 is 3.09 bits per heavy atom. The van der Waals surface area contributed by atoms with E-state index in [0.717, 1.165) is 5.92 Å². The molecule has 0 heteroatoms. The third kappa shape index (κ3) is 1.26. The summed E-state index contributed by atoms with van der Waals surface area (Å²) in [6.45, 7) is 4.62. The summed E-state index contributed by atoms with van der Waals surface area (Å²) in [5, 5.41) is 0. The van der Waals surface area contributed by atoms with Gasteiger partial charge in [-0.05, 0) is 44.1 Å². The topological polar surface area (TPSA) is 0 Å². The molecule has 0 spiro atoms. The Kier molecular flexibility index (Phi) is 1.63. The Morgan fingerprint density at radius 1 is 1.45 bits per heavy atom. The lowest BCUT2D eigenvalue weighted by Crippen LogP contribution is -2.03. The standard InChI is InChI=1S/C11H16/c1-8-3-4-10-6-9(2)7-11(10)5-8/h7-8H,3-6H2,1-2H3. The van der Waals surface area contributed by atoms with Gasteiger partial charge in [0.2, 0.25) is 0 Å². The highest BCUT2D eigenvalue weighted by molar-refractivity contribution is 5.39. The van der Waals surface area contributed by atoms with Gasteiger partial charge in [-0.1, -0.05) is 24.1 Å². The maximum Gasteiger partial charge on any atom is -0.0102 e. The number of hydrogen-bond donors (Lipinski definition) is 0.